The summed E-state index contributed by atoms with van der Waals surface area (Å²) in [4.78, 5) is 8.05. The van der Waals surface area contributed by atoms with Gasteiger partial charge in [-0.15, -0.1) is 0 Å². The molecule has 0 N–H and O–H groups in total. The number of rotatable bonds is 0. The third kappa shape index (κ3) is 0.633. The van der Waals surface area contributed by atoms with Crippen molar-refractivity contribution in [3.8, 4) is 0 Å². The average Bonchev–Trinajstić information content (AvgIpc) is 2.33. The van der Waals surface area contributed by atoms with Crippen molar-refractivity contribution >= 4 is 12.1 Å². The highest BCUT2D eigenvalue weighted by Crippen LogP contribution is 2.13. The highest BCUT2D eigenvalue weighted by Gasteiger charge is 2.09. The lowest BCUT2D eigenvalue weighted by Gasteiger charge is -1.99. The quantitative estimate of drug-likeness (QED) is 0.454. The number of hydrogen-bond donors (Lipinski definition) is 0. The van der Waals surface area contributed by atoms with E-state index in [1.54, 1.807) is 6.34 Å². The minimum Gasteiger partial charge on any atom is -0.239 e. The van der Waals surface area contributed by atoms with Crippen LogP contribution in [0.25, 0.3) is 0 Å². The van der Waals surface area contributed by atoms with Gasteiger partial charge in [-0.1, -0.05) is 6.08 Å². The van der Waals surface area contributed by atoms with Gasteiger partial charge in [-0.3, -0.25) is 0 Å². The molecule has 2 heteroatoms. The summed E-state index contributed by atoms with van der Waals surface area (Å²) in [5.74, 6) is 0. The van der Waals surface area contributed by atoms with Crippen molar-refractivity contribution in [2.45, 2.75) is 6.42 Å². The van der Waals surface area contributed by atoms with Crippen LogP contribution in [0.4, 0.5) is 0 Å². The van der Waals surface area contributed by atoms with E-state index in [0.29, 0.717) is 0 Å². The number of hydrogen-bond acceptors (Lipinski definition) is 2. The number of fused-ring (bicyclic) bond motifs is 1. The third-order valence-electron chi connectivity index (χ3n) is 1.34. The second-order valence-corrected chi connectivity index (χ2v) is 1.92. The lowest BCUT2D eigenvalue weighted by molar-refractivity contribution is 1.36. The van der Waals surface area contributed by atoms with Gasteiger partial charge in [0.2, 0.25) is 0 Å². The molecule has 1 radical (unpaired) electrons. The maximum absolute atomic E-state index is 4.04. The van der Waals surface area contributed by atoms with Crippen LogP contribution >= 0.6 is 0 Å². The van der Waals surface area contributed by atoms with Gasteiger partial charge in [-0.05, 0) is 12.2 Å². The molecule has 1 aliphatic heterocycles. The van der Waals surface area contributed by atoms with Crippen LogP contribution < -0.4 is 0 Å². The lowest BCUT2D eigenvalue weighted by atomic mass is 10.1. The van der Waals surface area contributed by atoms with Crippen LogP contribution in [0, 0.1) is 6.08 Å². The van der Waals surface area contributed by atoms with Gasteiger partial charge in [-0.2, -0.15) is 0 Å². The molecule has 0 fully saturated rings. The average molecular weight is 117 g/mol. The second kappa shape index (κ2) is 1.65. The molecule has 0 saturated heterocycles. The smallest absolute Gasteiger partial charge is 0.116 e. The van der Waals surface area contributed by atoms with Crippen LogP contribution in [-0.4, -0.2) is 12.1 Å². The predicted molar refractivity (Wildman–Crippen MR) is 36.4 cm³/mol. The Morgan fingerprint density at radius 2 is 2.56 bits per heavy atom. The molecule has 0 aromatic heterocycles. The Hall–Kier alpha value is -1.18. The Labute approximate surface area is 53.3 Å². The predicted octanol–water partition coefficient (Wildman–Crippen LogP) is 1.12. The summed E-state index contributed by atoms with van der Waals surface area (Å²) in [6, 6.07) is 0. The first-order chi connectivity index (χ1) is 4.47. The Balaban J connectivity index is 2.46. The van der Waals surface area contributed by atoms with Crippen LogP contribution in [0.1, 0.15) is 6.42 Å². The maximum Gasteiger partial charge on any atom is 0.116 e. The summed E-state index contributed by atoms with van der Waals surface area (Å²) in [6.45, 7) is 0. The van der Waals surface area contributed by atoms with Crippen LogP contribution in [0.15, 0.2) is 27.8 Å². The summed E-state index contributed by atoms with van der Waals surface area (Å²) in [6.07, 6.45) is 9.25. The molecule has 1 aliphatic carbocycles. The van der Waals surface area contributed by atoms with Crippen molar-refractivity contribution in [1.82, 2.24) is 0 Å². The van der Waals surface area contributed by atoms with Gasteiger partial charge in [0.05, 0.1) is 11.4 Å². The molecular weight excluding hydrogens is 112 g/mol. The van der Waals surface area contributed by atoms with Gasteiger partial charge < -0.3 is 0 Å². The third-order valence-corrected chi connectivity index (χ3v) is 1.34. The van der Waals surface area contributed by atoms with Crippen LogP contribution in [0.2, 0.25) is 0 Å². The van der Waals surface area contributed by atoms with Crippen molar-refractivity contribution in [3.05, 3.63) is 23.9 Å². The Bertz CT molecular complexity index is 244. The standard InChI is InChI=1S/C7H5N2/c1-2-4-7-6(3-1)8-5-9-7/h1,4-5H,3H2. The number of nitrogens with zero attached hydrogens (tertiary/aromatic N) is 2. The lowest BCUT2D eigenvalue weighted by Crippen LogP contribution is -1.97. The summed E-state index contributed by atoms with van der Waals surface area (Å²) >= 11 is 0. The van der Waals surface area contributed by atoms with Gasteiger partial charge >= 0.3 is 0 Å². The molecule has 2 rings (SSSR count). The van der Waals surface area contributed by atoms with Crippen LogP contribution in [-0.2, 0) is 0 Å². The molecule has 43 valence electrons. The molecule has 0 amide bonds. The summed E-state index contributed by atoms with van der Waals surface area (Å²) in [5, 5.41) is 0. The number of aliphatic imine (C=N–C) groups is 2. The van der Waals surface area contributed by atoms with Crippen LogP contribution in [0.3, 0.4) is 0 Å². The zero-order valence-electron chi connectivity index (χ0n) is 4.83. The van der Waals surface area contributed by atoms with E-state index in [-0.39, 0.29) is 0 Å². The highest BCUT2D eigenvalue weighted by molar-refractivity contribution is 6.09. The van der Waals surface area contributed by atoms with Gasteiger partial charge in [-0.25, -0.2) is 9.98 Å². The van der Waals surface area contributed by atoms with Crippen molar-refractivity contribution in [3.63, 3.8) is 0 Å². The summed E-state index contributed by atoms with van der Waals surface area (Å²) in [7, 11) is 0. The first-order valence-corrected chi connectivity index (χ1v) is 2.84. The van der Waals surface area contributed by atoms with E-state index in [1.165, 1.54) is 0 Å². The highest BCUT2D eigenvalue weighted by atomic mass is 15.0. The molecule has 0 spiro atoms. The van der Waals surface area contributed by atoms with Crippen molar-refractivity contribution in [2.75, 3.05) is 0 Å². The normalized spacial score (nSPS) is 21.3. The van der Waals surface area contributed by atoms with E-state index >= 15 is 0 Å². The Morgan fingerprint density at radius 1 is 1.56 bits per heavy atom. The molecule has 1 heterocycles. The summed E-state index contributed by atoms with van der Waals surface area (Å²) < 4.78 is 0. The zero-order valence-corrected chi connectivity index (χ0v) is 4.83. The largest absolute Gasteiger partial charge is 0.239 e. The van der Waals surface area contributed by atoms with Crippen molar-refractivity contribution < 1.29 is 0 Å². The Morgan fingerprint density at radius 3 is 3.44 bits per heavy atom. The van der Waals surface area contributed by atoms with E-state index in [0.717, 1.165) is 17.8 Å². The molecule has 2 nitrogen and oxygen atoms in total. The second-order valence-electron chi connectivity index (χ2n) is 1.92. The number of allylic oxidation sites excluding steroid dienone is 4. The topological polar surface area (TPSA) is 24.7 Å². The minimum atomic E-state index is 0.881. The molecule has 0 aromatic carbocycles. The summed E-state index contributed by atoms with van der Waals surface area (Å²) in [5.41, 5.74) is 2.03. The molecule has 0 unspecified atom stereocenters. The van der Waals surface area contributed by atoms with E-state index < -0.39 is 0 Å². The fraction of sp³-hybridized carbons (Fsp3) is 0.143. The van der Waals surface area contributed by atoms with Gasteiger partial charge in [0.25, 0.3) is 0 Å². The van der Waals surface area contributed by atoms with E-state index in [2.05, 4.69) is 16.1 Å². The first-order valence-electron chi connectivity index (χ1n) is 2.84. The molecule has 0 saturated carbocycles. The molecule has 0 aromatic rings. The molecular formula is C7H5N2. The van der Waals surface area contributed by atoms with Gasteiger partial charge in [0.15, 0.2) is 0 Å². The van der Waals surface area contributed by atoms with E-state index in [4.69, 9.17) is 0 Å². The monoisotopic (exact) mass is 117 g/mol. The fourth-order valence-electron chi connectivity index (χ4n) is 0.873. The molecule has 0 atom stereocenters. The van der Waals surface area contributed by atoms with E-state index in [9.17, 15) is 0 Å². The van der Waals surface area contributed by atoms with Crippen molar-refractivity contribution in [2.24, 2.45) is 9.98 Å². The van der Waals surface area contributed by atoms with Gasteiger partial charge in [0.1, 0.15) is 6.34 Å². The maximum atomic E-state index is 4.04. The molecule has 0 bridgehead atoms. The Kier molecular flexibility index (Phi) is 0.859. The molecule has 2 aliphatic rings. The molecule has 9 heavy (non-hydrogen) atoms. The van der Waals surface area contributed by atoms with Crippen LogP contribution in [0.5, 0.6) is 0 Å². The van der Waals surface area contributed by atoms with Gasteiger partial charge in [0, 0.05) is 6.42 Å². The zero-order chi connectivity index (χ0) is 6.10. The van der Waals surface area contributed by atoms with Crippen molar-refractivity contribution in [1.29, 1.82) is 0 Å². The minimum absolute atomic E-state index is 0.881. The SMILES string of the molecule is [C]1=CCC2=NC=NC2=C1. The first kappa shape index (κ1) is 4.68. The van der Waals surface area contributed by atoms with E-state index in [1.807, 2.05) is 12.2 Å². The fourth-order valence-corrected chi connectivity index (χ4v) is 0.873.